The smallest absolute Gasteiger partial charge is 0.114 e. The molecule has 0 saturated carbocycles. The molecule has 0 saturated heterocycles. The third-order valence-corrected chi connectivity index (χ3v) is 2.80. The highest BCUT2D eigenvalue weighted by molar-refractivity contribution is 8.46. The van der Waals surface area contributed by atoms with Gasteiger partial charge in [-0.1, -0.05) is 12.1 Å². The predicted molar refractivity (Wildman–Crippen MR) is 48.5 cm³/mol. The van der Waals surface area contributed by atoms with Crippen LogP contribution in [0.15, 0.2) is 29.2 Å². The molecular weight excluding hydrogens is 184 g/mol. The highest BCUT2D eigenvalue weighted by Crippen LogP contribution is 2.11. The first kappa shape index (κ1) is 7.91. The van der Waals surface area contributed by atoms with E-state index in [9.17, 15) is 0 Å². The molecule has 0 aromatic heterocycles. The lowest BCUT2D eigenvalue weighted by Gasteiger charge is -2.02. The van der Waals surface area contributed by atoms with Crippen LogP contribution in [0.5, 0.6) is 5.75 Å². The van der Waals surface area contributed by atoms with Gasteiger partial charge >= 0.3 is 0 Å². The molecule has 0 bridgehead atoms. The fraction of sp³-hybridized carbons (Fsp3) is 0. The summed E-state index contributed by atoms with van der Waals surface area (Å²) >= 11 is 9.67. The lowest BCUT2D eigenvalue weighted by Crippen LogP contribution is -1.74. The van der Waals surface area contributed by atoms with Crippen LogP contribution in [0, 0.1) is 0 Å². The Kier molecular flexibility index (Phi) is 2.59. The summed E-state index contributed by atoms with van der Waals surface area (Å²) < 4.78 is 0. The standard InChI is InChI=1S/C6H5OS3/c7-5-2-1-3-6(4-5)10(8)9/h1-4,7H/q-1. The van der Waals surface area contributed by atoms with E-state index in [4.69, 9.17) is 27.5 Å². The number of phenols is 1. The van der Waals surface area contributed by atoms with Crippen molar-refractivity contribution in [2.75, 3.05) is 0 Å². The van der Waals surface area contributed by atoms with Crippen molar-refractivity contribution in [2.24, 2.45) is 0 Å². The van der Waals surface area contributed by atoms with Crippen LogP contribution in [0.4, 0.5) is 0 Å². The quantitative estimate of drug-likeness (QED) is 0.672. The zero-order chi connectivity index (χ0) is 7.56. The second kappa shape index (κ2) is 3.27. The van der Waals surface area contributed by atoms with Gasteiger partial charge in [0.25, 0.3) is 0 Å². The van der Waals surface area contributed by atoms with Gasteiger partial charge in [-0.05, 0) is 12.1 Å². The van der Waals surface area contributed by atoms with Gasteiger partial charge in [-0.2, -0.15) is 0 Å². The van der Waals surface area contributed by atoms with Crippen LogP contribution in [0.1, 0.15) is 0 Å². The molecule has 1 N–H and O–H groups in total. The van der Waals surface area contributed by atoms with Gasteiger partial charge in [-0.3, -0.25) is 22.4 Å². The van der Waals surface area contributed by atoms with Crippen LogP contribution in [-0.2, 0) is 30.4 Å². The summed E-state index contributed by atoms with van der Waals surface area (Å²) in [6.07, 6.45) is 0. The van der Waals surface area contributed by atoms with Crippen molar-refractivity contribution < 1.29 is 5.11 Å². The van der Waals surface area contributed by atoms with Crippen LogP contribution in [0.2, 0.25) is 0 Å². The fourth-order valence-electron chi connectivity index (χ4n) is 0.587. The number of rotatable bonds is 1. The van der Waals surface area contributed by atoms with Crippen molar-refractivity contribution in [1.29, 1.82) is 0 Å². The van der Waals surface area contributed by atoms with Gasteiger partial charge in [0.15, 0.2) is 0 Å². The molecule has 0 radical (unpaired) electrons. The highest BCUT2D eigenvalue weighted by Gasteiger charge is 1.82. The first-order valence-corrected chi connectivity index (χ1v) is 5.66. The SMILES string of the molecule is Oc1cccc([S-](=S)=S)c1. The first-order valence-electron chi connectivity index (χ1n) is 2.58. The third kappa shape index (κ3) is 1.90. The molecule has 0 aliphatic rings. The summed E-state index contributed by atoms with van der Waals surface area (Å²) in [6, 6.07) is 6.76. The Hall–Kier alpha value is -0.190. The van der Waals surface area contributed by atoms with E-state index in [0.717, 1.165) is 4.90 Å². The van der Waals surface area contributed by atoms with Crippen molar-refractivity contribution in [3.8, 4) is 5.75 Å². The van der Waals surface area contributed by atoms with Crippen LogP contribution < -0.4 is 0 Å². The van der Waals surface area contributed by atoms with E-state index >= 15 is 0 Å². The molecule has 1 rings (SSSR count). The van der Waals surface area contributed by atoms with E-state index in [1.165, 1.54) is 0 Å². The summed E-state index contributed by atoms with van der Waals surface area (Å²) in [4.78, 5) is 0.838. The van der Waals surface area contributed by atoms with Crippen molar-refractivity contribution in [3.63, 3.8) is 0 Å². The molecule has 0 fully saturated rings. The Bertz CT molecular complexity index is 296. The molecule has 54 valence electrons. The fourth-order valence-corrected chi connectivity index (χ4v) is 1.62. The van der Waals surface area contributed by atoms with Gasteiger partial charge in [0.05, 0.1) is 0 Å². The lowest BCUT2D eigenvalue weighted by atomic mass is 10.3. The molecule has 0 atom stereocenters. The summed E-state index contributed by atoms with van der Waals surface area (Å²) in [5, 5.41) is 8.97. The van der Waals surface area contributed by atoms with Crippen molar-refractivity contribution in [2.45, 2.75) is 4.90 Å². The van der Waals surface area contributed by atoms with Crippen LogP contribution in [0.3, 0.4) is 0 Å². The summed E-state index contributed by atoms with van der Waals surface area (Å²) in [6.45, 7) is 0. The molecule has 1 nitrogen and oxygen atoms in total. The van der Waals surface area contributed by atoms with Gasteiger partial charge < -0.3 is 13.1 Å². The normalized spacial score (nSPS) is 10.1. The first-order chi connectivity index (χ1) is 4.70. The molecule has 0 heterocycles. The predicted octanol–water partition coefficient (Wildman–Crippen LogP) is 1.29. The Morgan fingerprint density at radius 3 is 2.40 bits per heavy atom. The maximum Gasteiger partial charge on any atom is 0.114 e. The Labute approximate surface area is 70.5 Å². The molecule has 0 aliphatic heterocycles. The van der Waals surface area contributed by atoms with Crippen LogP contribution in [-0.4, -0.2) is 5.11 Å². The van der Waals surface area contributed by atoms with Gasteiger partial charge in [0.1, 0.15) is 5.75 Å². The van der Waals surface area contributed by atoms with E-state index in [0.29, 0.717) is 0 Å². The number of hydrogen-bond acceptors (Lipinski definition) is 4. The molecule has 0 aliphatic carbocycles. The molecule has 0 amide bonds. The summed E-state index contributed by atoms with van der Waals surface area (Å²) in [5.41, 5.74) is 0. The monoisotopic (exact) mass is 189 g/mol. The minimum Gasteiger partial charge on any atom is -0.508 e. The van der Waals surface area contributed by atoms with Gasteiger partial charge in [-0.15, -0.1) is 4.90 Å². The molecule has 0 unspecified atom stereocenters. The highest BCUT2D eigenvalue weighted by atomic mass is 33.1. The number of benzene rings is 1. The molecular formula is C6H5OS3-. The Balaban J connectivity index is 3.19. The van der Waals surface area contributed by atoms with Crippen LogP contribution in [0.25, 0.3) is 0 Å². The van der Waals surface area contributed by atoms with Crippen molar-refractivity contribution >= 4 is 30.4 Å². The summed E-state index contributed by atoms with van der Waals surface area (Å²) in [7, 11) is -0.583. The third-order valence-electron chi connectivity index (χ3n) is 1.01. The largest absolute Gasteiger partial charge is 0.508 e. The molecule has 0 spiro atoms. The van der Waals surface area contributed by atoms with Gasteiger partial charge in [0.2, 0.25) is 0 Å². The maximum absolute atomic E-state index is 8.97. The zero-order valence-corrected chi connectivity index (χ0v) is 7.43. The van der Waals surface area contributed by atoms with Crippen LogP contribution >= 0.6 is 0 Å². The lowest BCUT2D eigenvalue weighted by molar-refractivity contribution is 0.474. The maximum atomic E-state index is 8.97. The van der Waals surface area contributed by atoms with Crippen molar-refractivity contribution in [3.05, 3.63) is 24.3 Å². The number of phenolic OH excluding ortho intramolecular Hbond substituents is 1. The molecule has 1 aromatic carbocycles. The average molecular weight is 189 g/mol. The minimum atomic E-state index is -0.583. The second-order valence-corrected chi connectivity index (χ2v) is 5.31. The van der Waals surface area contributed by atoms with E-state index < -0.39 is 8.01 Å². The van der Waals surface area contributed by atoms with E-state index in [-0.39, 0.29) is 5.75 Å². The van der Waals surface area contributed by atoms with Gasteiger partial charge in [0, 0.05) is 0 Å². The van der Waals surface area contributed by atoms with Gasteiger partial charge in [-0.25, -0.2) is 0 Å². The summed E-state index contributed by atoms with van der Waals surface area (Å²) in [5.74, 6) is 0.227. The van der Waals surface area contributed by atoms with E-state index in [1.54, 1.807) is 18.2 Å². The number of hydrogen-bond donors (Lipinski definition) is 1. The number of aromatic hydroxyl groups is 1. The molecule has 10 heavy (non-hydrogen) atoms. The van der Waals surface area contributed by atoms with Crippen molar-refractivity contribution in [1.82, 2.24) is 0 Å². The molecule has 1 aromatic rings. The zero-order valence-electron chi connectivity index (χ0n) is 4.98. The Morgan fingerprint density at radius 2 is 2.00 bits per heavy atom. The Morgan fingerprint density at radius 1 is 1.30 bits per heavy atom. The minimum absolute atomic E-state index is 0.227. The molecule has 4 heteroatoms. The average Bonchev–Trinajstić information content (AvgIpc) is 1.88. The topological polar surface area (TPSA) is 20.2 Å². The second-order valence-electron chi connectivity index (χ2n) is 1.73. The van der Waals surface area contributed by atoms with E-state index in [1.807, 2.05) is 6.07 Å². The van der Waals surface area contributed by atoms with E-state index in [2.05, 4.69) is 0 Å².